The molecule has 22 heavy (non-hydrogen) atoms. The highest BCUT2D eigenvalue weighted by Gasteiger charge is 2.43. The zero-order chi connectivity index (χ0) is 16.4. The van der Waals surface area contributed by atoms with Gasteiger partial charge >= 0.3 is 5.97 Å². The van der Waals surface area contributed by atoms with E-state index in [2.05, 4.69) is 15.3 Å². The van der Waals surface area contributed by atoms with Crippen molar-refractivity contribution in [3.05, 3.63) is 16.8 Å². The molecular weight excluding hydrogens is 316 g/mol. The van der Waals surface area contributed by atoms with E-state index in [-0.39, 0.29) is 29.8 Å². The average Bonchev–Trinajstić information content (AvgIpc) is 3.18. The Labute approximate surface area is 132 Å². The summed E-state index contributed by atoms with van der Waals surface area (Å²) in [4.78, 5) is 19.3. The van der Waals surface area contributed by atoms with Crippen LogP contribution in [0.5, 0.6) is 0 Å². The molecule has 1 aromatic heterocycles. The van der Waals surface area contributed by atoms with E-state index in [1.165, 1.54) is 0 Å². The van der Waals surface area contributed by atoms with Crippen LogP contribution in [0.4, 0.5) is 14.6 Å². The maximum atomic E-state index is 14.4. The summed E-state index contributed by atoms with van der Waals surface area (Å²) in [6.45, 7) is 5.34. The van der Waals surface area contributed by atoms with Crippen LogP contribution in [-0.2, 0) is 9.53 Å². The van der Waals surface area contributed by atoms with E-state index in [0.29, 0.717) is 0 Å². The summed E-state index contributed by atoms with van der Waals surface area (Å²) >= 11 is 5.77. The summed E-state index contributed by atoms with van der Waals surface area (Å²) in [5, 5.41) is 2.64. The Bertz CT molecular complexity index is 573. The first-order valence-corrected chi connectivity index (χ1v) is 7.53. The zero-order valence-electron chi connectivity index (χ0n) is 12.6. The fourth-order valence-electron chi connectivity index (χ4n) is 2.04. The molecule has 5 nitrogen and oxygen atoms in total. The number of alkyl halides is 1. The first kappa shape index (κ1) is 16.9. The molecule has 8 heteroatoms. The maximum Gasteiger partial charge on any atom is 0.310 e. The first-order valence-electron chi connectivity index (χ1n) is 7.15. The van der Waals surface area contributed by atoms with Crippen LogP contribution in [0.25, 0.3) is 0 Å². The van der Waals surface area contributed by atoms with Gasteiger partial charge in [-0.05, 0) is 38.8 Å². The molecule has 1 heterocycles. The van der Waals surface area contributed by atoms with Crippen LogP contribution < -0.4 is 5.32 Å². The molecule has 0 spiro atoms. The van der Waals surface area contributed by atoms with Crippen molar-refractivity contribution in [1.82, 2.24) is 9.97 Å². The molecule has 0 aromatic carbocycles. The highest BCUT2D eigenvalue weighted by atomic mass is 35.5. The van der Waals surface area contributed by atoms with Crippen molar-refractivity contribution in [3.8, 4) is 0 Å². The minimum Gasteiger partial charge on any atom is -0.466 e. The van der Waals surface area contributed by atoms with Gasteiger partial charge in [0.15, 0.2) is 11.6 Å². The van der Waals surface area contributed by atoms with Crippen LogP contribution in [-0.4, -0.2) is 34.8 Å². The third kappa shape index (κ3) is 3.63. The molecular formula is C14H18ClF2N3O2. The van der Waals surface area contributed by atoms with Gasteiger partial charge in [-0.1, -0.05) is 0 Å². The molecule has 0 bridgehead atoms. The first-order chi connectivity index (χ1) is 10.3. The van der Waals surface area contributed by atoms with Crippen molar-refractivity contribution < 1.29 is 18.3 Å². The molecule has 2 rings (SSSR count). The van der Waals surface area contributed by atoms with Gasteiger partial charge in [-0.2, -0.15) is 4.98 Å². The zero-order valence-corrected chi connectivity index (χ0v) is 13.3. The number of anilines is 1. The van der Waals surface area contributed by atoms with Gasteiger partial charge in [-0.25, -0.2) is 13.8 Å². The lowest BCUT2D eigenvalue weighted by atomic mass is 10.0. The van der Waals surface area contributed by atoms with E-state index in [1.54, 1.807) is 20.8 Å². The molecule has 4 atom stereocenters. The fourth-order valence-corrected chi connectivity index (χ4v) is 2.22. The molecule has 1 aromatic rings. The van der Waals surface area contributed by atoms with Crippen LogP contribution in [0.1, 0.15) is 38.8 Å². The molecule has 0 saturated heterocycles. The van der Waals surface area contributed by atoms with E-state index in [9.17, 15) is 13.6 Å². The Hall–Kier alpha value is -1.50. The highest BCUT2D eigenvalue weighted by molar-refractivity contribution is 6.28. The summed E-state index contributed by atoms with van der Waals surface area (Å²) in [5.41, 5.74) is -0.0222. The topological polar surface area (TPSA) is 64.1 Å². The lowest BCUT2D eigenvalue weighted by molar-refractivity contribution is -0.147. The minimum atomic E-state index is -1.09. The number of carbonyl (C=O) groups excluding carboxylic acids is 1. The Kier molecular flexibility index (Phi) is 5.16. The Morgan fingerprint density at radius 2 is 2.14 bits per heavy atom. The average molecular weight is 334 g/mol. The summed E-state index contributed by atoms with van der Waals surface area (Å²) < 4.78 is 32.4. The molecule has 2 unspecified atom stereocenters. The van der Waals surface area contributed by atoms with Crippen molar-refractivity contribution >= 4 is 23.4 Å². The standard InChI is InChI=1S/C14H18ClF2N3O2/c1-4-22-13(21)6(2)7(3)18-12-10(17)11(8-5-9(8)16)19-14(15)20-12/h6-9H,4-5H2,1-3H3,(H,18,19,20)/t6-,7-,8?,9?/m0/s1. The summed E-state index contributed by atoms with van der Waals surface area (Å²) in [6, 6.07) is -0.437. The molecule has 122 valence electrons. The van der Waals surface area contributed by atoms with Gasteiger partial charge in [-0.3, -0.25) is 4.79 Å². The molecule has 0 aliphatic heterocycles. The second-order valence-electron chi connectivity index (χ2n) is 5.37. The minimum absolute atomic E-state index is 0.0222. The molecule has 1 aliphatic rings. The molecule has 0 radical (unpaired) electrons. The number of hydrogen-bond acceptors (Lipinski definition) is 5. The van der Waals surface area contributed by atoms with Gasteiger partial charge in [0.25, 0.3) is 0 Å². The van der Waals surface area contributed by atoms with Crippen molar-refractivity contribution in [2.24, 2.45) is 5.92 Å². The second kappa shape index (κ2) is 6.73. The third-order valence-electron chi connectivity index (χ3n) is 3.69. The predicted molar refractivity (Wildman–Crippen MR) is 78.1 cm³/mol. The van der Waals surface area contributed by atoms with Crippen LogP contribution in [0.2, 0.25) is 5.28 Å². The van der Waals surface area contributed by atoms with Gasteiger partial charge < -0.3 is 10.1 Å². The lowest BCUT2D eigenvalue weighted by Crippen LogP contribution is -2.32. The normalized spacial score (nSPS) is 22.8. The van der Waals surface area contributed by atoms with E-state index in [4.69, 9.17) is 16.3 Å². The van der Waals surface area contributed by atoms with E-state index < -0.39 is 35.8 Å². The lowest BCUT2D eigenvalue weighted by Gasteiger charge is -2.21. The fraction of sp³-hybridized carbons (Fsp3) is 0.643. The number of carbonyl (C=O) groups is 1. The third-order valence-corrected chi connectivity index (χ3v) is 3.86. The van der Waals surface area contributed by atoms with Gasteiger partial charge in [0.05, 0.1) is 18.2 Å². The predicted octanol–water partition coefficient (Wildman–Crippen LogP) is 3.09. The SMILES string of the molecule is CCOC(=O)[C@@H](C)[C@H](C)Nc1nc(Cl)nc(C2CC2F)c1F. The number of ether oxygens (including phenoxy) is 1. The van der Waals surface area contributed by atoms with Gasteiger partial charge in [0.2, 0.25) is 5.28 Å². The Morgan fingerprint density at radius 1 is 1.50 bits per heavy atom. The summed E-state index contributed by atoms with van der Waals surface area (Å²) in [7, 11) is 0. The quantitative estimate of drug-likeness (QED) is 0.640. The Balaban J connectivity index is 2.15. The largest absolute Gasteiger partial charge is 0.466 e. The maximum absolute atomic E-state index is 14.4. The number of halogens is 3. The van der Waals surface area contributed by atoms with Crippen LogP contribution in [0.15, 0.2) is 0 Å². The van der Waals surface area contributed by atoms with E-state index >= 15 is 0 Å². The van der Waals surface area contributed by atoms with Crippen molar-refractivity contribution in [1.29, 1.82) is 0 Å². The number of nitrogens with zero attached hydrogens (tertiary/aromatic N) is 2. The Morgan fingerprint density at radius 3 is 2.68 bits per heavy atom. The second-order valence-corrected chi connectivity index (χ2v) is 5.71. The monoisotopic (exact) mass is 333 g/mol. The summed E-state index contributed by atoms with van der Waals surface area (Å²) in [5.74, 6) is -2.32. The molecule has 1 N–H and O–H groups in total. The molecule has 1 fully saturated rings. The smallest absolute Gasteiger partial charge is 0.310 e. The van der Waals surface area contributed by atoms with Gasteiger partial charge in [0, 0.05) is 12.0 Å². The summed E-state index contributed by atoms with van der Waals surface area (Å²) in [6.07, 6.45) is -0.859. The number of aromatic nitrogens is 2. The number of hydrogen-bond donors (Lipinski definition) is 1. The van der Waals surface area contributed by atoms with Crippen LogP contribution in [0, 0.1) is 11.7 Å². The van der Waals surface area contributed by atoms with E-state index in [0.717, 1.165) is 0 Å². The van der Waals surface area contributed by atoms with Gasteiger partial charge in [0.1, 0.15) is 6.17 Å². The highest BCUT2D eigenvalue weighted by Crippen LogP contribution is 2.44. The number of rotatable bonds is 6. The van der Waals surface area contributed by atoms with Crippen LogP contribution >= 0.6 is 11.6 Å². The molecule has 1 saturated carbocycles. The van der Waals surface area contributed by atoms with Crippen molar-refractivity contribution in [2.75, 3.05) is 11.9 Å². The molecule has 1 aliphatic carbocycles. The van der Waals surface area contributed by atoms with E-state index in [1.807, 2.05) is 0 Å². The van der Waals surface area contributed by atoms with Crippen molar-refractivity contribution in [2.45, 2.75) is 45.3 Å². The number of nitrogens with one attached hydrogen (secondary N) is 1. The van der Waals surface area contributed by atoms with Crippen molar-refractivity contribution in [3.63, 3.8) is 0 Å². The molecule has 0 amide bonds. The van der Waals surface area contributed by atoms with Gasteiger partial charge in [-0.15, -0.1) is 0 Å². The van der Waals surface area contributed by atoms with Crippen LogP contribution in [0.3, 0.4) is 0 Å². The number of esters is 1.